The average Bonchev–Trinajstić information content (AvgIpc) is 3.30. The molecule has 0 amide bonds. The molecule has 2 nitrogen and oxygen atoms in total. The van der Waals surface area contributed by atoms with Crippen molar-refractivity contribution in [2.24, 2.45) is 11.8 Å². The monoisotopic (exact) mass is 252 g/mol. The number of anilines is 1. The topological polar surface area (TPSA) is 24.9 Å². The van der Waals surface area contributed by atoms with Crippen molar-refractivity contribution in [3.63, 3.8) is 0 Å². The third-order valence-electron chi connectivity index (χ3n) is 4.55. The van der Waals surface area contributed by atoms with Gasteiger partial charge < -0.3 is 5.32 Å². The first-order chi connectivity index (χ1) is 9.33. The lowest BCUT2D eigenvalue weighted by Gasteiger charge is -2.20. The Morgan fingerprint density at radius 2 is 1.84 bits per heavy atom. The Morgan fingerprint density at radius 3 is 2.53 bits per heavy atom. The Kier molecular flexibility index (Phi) is 2.51. The number of nitrogens with zero attached hydrogens (tertiary/aromatic N) is 1. The van der Waals surface area contributed by atoms with E-state index < -0.39 is 0 Å². The molecule has 0 radical (unpaired) electrons. The summed E-state index contributed by atoms with van der Waals surface area (Å²) in [7, 11) is 0. The van der Waals surface area contributed by atoms with E-state index in [0.717, 1.165) is 17.4 Å². The highest BCUT2D eigenvalue weighted by Gasteiger charge is 2.41. The van der Waals surface area contributed by atoms with Gasteiger partial charge in [0.05, 0.1) is 5.52 Å². The smallest absolute Gasteiger partial charge is 0.0751 e. The van der Waals surface area contributed by atoms with Crippen LogP contribution in [0.5, 0.6) is 0 Å². The Hall–Kier alpha value is -1.57. The van der Waals surface area contributed by atoms with Crippen molar-refractivity contribution in [1.82, 2.24) is 4.98 Å². The standard InChI is InChI=1S/C17H20N2/c1-11-4-9-15(14-3-2-10-18-16(11)14)19-17(12-5-6-12)13-7-8-13/h2-4,9-10,12-13,17,19H,5-8H2,1H3. The van der Waals surface area contributed by atoms with E-state index in [9.17, 15) is 0 Å². The average molecular weight is 252 g/mol. The number of nitrogens with one attached hydrogen (secondary N) is 1. The number of aryl methyl sites for hydroxylation is 1. The molecule has 0 atom stereocenters. The zero-order chi connectivity index (χ0) is 12.8. The molecule has 2 heteroatoms. The third-order valence-corrected chi connectivity index (χ3v) is 4.55. The largest absolute Gasteiger partial charge is 0.381 e. The lowest BCUT2D eigenvalue weighted by Crippen LogP contribution is -2.24. The molecule has 2 fully saturated rings. The van der Waals surface area contributed by atoms with Gasteiger partial charge in [-0.15, -0.1) is 0 Å². The van der Waals surface area contributed by atoms with Crippen LogP contribution in [0.1, 0.15) is 31.2 Å². The Bertz CT molecular complexity index is 600. The van der Waals surface area contributed by atoms with Gasteiger partial charge in [-0.25, -0.2) is 0 Å². The molecule has 0 aliphatic heterocycles. The van der Waals surface area contributed by atoms with Gasteiger partial charge in [-0.2, -0.15) is 0 Å². The van der Waals surface area contributed by atoms with E-state index in [1.165, 1.54) is 42.3 Å². The molecule has 98 valence electrons. The first kappa shape index (κ1) is 11.3. The Labute approximate surface area is 114 Å². The highest BCUT2D eigenvalue weighted by molar-refractivity contribution is 5.93. The molecule has 1 aromatic carbocycles. The minimum Gasteiger partial charge on any atom is -0.381 e. The molecule has 1 N–H and O–H groups in total. The number of hydrogen-bond acceptors (Lipinski definition) is 2. The maximum Gasteiger partial charge on any atom is 0.0751 e. The van der Waals surface area contributed by atoms with Gasteiger partial charge in [-0.05, 0) is 68.2 Å². The zero-order valence-corrected chi connectivity index (χ0v) is 11.4. The first-order valence-electron chi connectivity index (χ1n) is 7.44. The van der Waals surface area contributed by atoms with Gasteiger partial charge in [-0.1, -0.05) is 6.07 Å². The summed E-state index contributed by atoms with van der Waals surface area (Å²) in [6.45, 7) is 2.14. The molecule has 0 unspecified atom stereocenters. The van der Waals surface area contributed by atoms with Crippen molar-refractivity contribution in [3.05, 3.63) is 36.0 Å². The van der Waals surface area contributed by atoms with Gasteiger partial charge in [0, 0.05) is 23.3 Å². The van der Waals surface area contributed by atoms with E-state index in [1.807, 2.05) is 12.3 Å². The van der Waals surface area contributed by atoms with Gasteiger partial charge in [0.1, 0.15) is 0 Å². The lowest BCUT2D eigenvalue weighted by molar-refractivity contribution is 0.568. The van der Waals surface area contributed by atoms with Crippen LogP contribution in [-0.2, 0) is 0 Å². The minimum absolute atomic E-state index is 0.700. The van der Waals surface area contributed by atoms with Gasteiger partial charge in [0.25, 0.3) is 0 Å². The number of benzene rings is 1. The summed E-state index contributed by atoms with van der Waals surface area (Å²) in [5, 5.41) is 5.11. The summed E-state index contributed by atoms with van der Waals surface area (Å²) in [5.41, 5.74) is 3.67. The fourth-order valence-corrected chi connectivity index (χ4v) is 3.15. The third kappa shape index (κ3) is 2.09. The van der Waals surface area contributed by atoms with Crippen molar-refractivity contribution in [2.45, 2.75) is 38.6 Å². The quantitative estimate of drug-likeness (QED) is 0.884. The van der Waals surface area contributed by atoms with E-state index >= 15 is 0 Å². The van der Waals surface area contributed by atoms with E-state index in [0.29, 0.717) is 6.04 Å². The molecular formula is C17H20N2. The van der Waals surface area contributed by atoms with Crippen LogP contribution in [0, 0.1) is 18.8 Å². The summed E-state index contributed by atoms with van der Waals surface area (Å²) in [4.78, 5) is 4.53. The molecule has 2 saturated carbocycles. The number of rotatable bonds is 4. The van der Waals surface area contributed by atoms with E-state index in [2.05, 4.69) is 35.4 Å². The van der Waals surface area contributed by atoms with Crippen LogP contribution in [0.3, 0.4) is 0 Å². The molecular weight excluding hydrogens is 232 g/mol. The highest BCUT2D eigenvalue weighted by atomic mass is 15.0. The predicted octanol–water partition coefficient (Wildman–Crippen LogP) is 4.14. The number of aromatic nitrogens is 1. The molecule has 2 aliphatic carbocycles. The van der Waals surface area contributed by atoms with E-state index in [1.54, 1.807) is 0 Å². The second-order valence-electron chi connectivity index (χ2n) is 6.17. The molecule has 2 aromatic rings. The van der Waals surface area contributed by atoms with Crippen LogP contribution in [-0.4, -0.2) is 11.0 Å². The molecule has 0 bridgehead atoms. The van der Waals surface area contributed by atoms with Crippen molar-refractivity contribution in [1.29, 1.82) is 0 Å². The Balaban J connectivity index is 1.72. The molecule has 1 aromatic heterocycles. The van der Waals surface area contributed by atoms with Crippen LogP contribution < -0.4 is 5.32 Å². The van der Waals surface area contributed by atoms with E-state index in [4.69, 9.17) is 0 Å². The van der Waals surface area contributed by atoms with Crippen molar-refractivity contribution in [3.8, 4) is 0 Å². The highest BCUT2D eigenvalue weighted by Crippen LogP contribution is 2.46. The zero-order valence-electron chi connectivity index (χ0n) is 11.4. The number of hydrogen-bond donors (Lipinski definition) is 1. The maximum absolute atomic E-state index is 4.53. The van der Waals surface area contributed by atoms with Gasteiger partial charge in [-0.3, -0.25) is 4.98 Å². The molecule has 19 heavy (non-hydrogen) atoms. The second kappa shape index (κ2) is 4.22. The number of fused-ring (bicyclic) bond motifs is 1. The summed E-state index contributed by atoms with van der Waals surface area (Å²) < 4.78 is 0. The summed E-state index contributed by atoms with van der Waals surface area (Å²) in [6, 6.07) is 9.35. The summed E-state index contributed by atoms with van der Waals surface area (Å²) in [5.74, 6) is 1.83. The van der Waals surface area contributed by atoms with Gasteiger partial charge in [0.2, 0.25) is 0 Å². The fourth-order valence-electron chi connectivity index (χ4n) is 3.15. The van der Waals surface area contributed by atoms with Crippen molar-refractivity contribution in [2.75, 3.05) is 5.32 Å². The van der Waals surface area contributed by atoms with E-state index in [-0.39, 0.29) is 0 Å². The van der Waals surface area contributed by atoms with Gasteiger partial charge in [0.15, 0.2) is 0 Å². The molecule has 4 rings (SSSR count). The lowest BCUT2D eigenvalue weighted by atomic mass is 10.0. The summed E-state index contributed by atoms with van der Waals surface area (Å²) in [6.07, 6.45) is 7.54. The molecule has 2 aliphatic rings. The van der Waals surface area contributed by atoms with Crippen LogP contribution in [0.15, 0.2) is 30.5 Å². The SMILES string of the molecule is Cc1ccc(NC(C2CC2)C2CC2)c2cccnc12. The maximum atomic E-state index is 4.53. The van der Waals surface area contributed by atoms with Crippen molar-refractivity contribution < 1.29 is 0 Å². The minimum atomic E-state index is 0.700. The van der Waals surface area contributed by atoms with Crippen LogP contribution in [0.25, 0.3) is 10.9 Å². The van der Waals surface area contributed by atoms with Crippen LogP contribution in [0.2, 0.25) is 0 Å². The Morgan fingerprint density at radius 1 is 1.11 bits per heavy atom. The summed E-state index contributed by atoms with van der Waals surface area (Å²) >= 11 is 0. The van der Waals surface area contributed by atoms with Crippen molar-refractivity contribution >= 4 is 16.6 Å². The predicted molar refractivity (Wildman–Crippen MR) is 79.3 cm³/mol. The first-order valence-corrected chi connectivity index (χ1v) is 7.44. The normalized spacial score (nSPS) is 19.1. The van der Waals surface area contributed by atoms with Crippen LogP contribution >= 0.6 is 0 Å². The molecule has 0 spiro atoms. The van der Waals surface area contributed by atoms with Gasteiger partial charge >= 0.3 is 0 Å². The number of pyridine rings is 1. The second-order valence-corrected chi connectivity index (χ2v) is 6.17. The van der Waals surface area contributed by atoms with Crippen LogP contribution in [0.4, 0.5) is 5.69 Å². The fraction of sp³-hybridized carbons (Fsp3) is 0.471. The molecule has 1 heterocycles. The molecule has 0 saturated heterocycles.